The summed E-state index contributed by atoms with van der Waals surface area (Å²) in [6.45, 7) is 4.16. The van der Waals surface area contributed by atoms with Crippen LogP contribution in [-0.2, 0) is 19.0 Å². The van der Waals surface area contributed by atoms with Crippen LogP contribution in [0.5, 0.6) is 0 Å². The van der Waals surface area contributed by atoms with Gasteiger partial charge in [-0.15, -0.1) is 0 Å². The maximum absolute atomic E-state index is 12.8. The molecule has 2 rings (SSSR count). The van der Waals surface area contributed by atoms with E-state index in [2.05, 4.69) is 17.1 Å². The van der Waals surface area contributed by atoms with E-state index in [9.17, 15) is 9.59 Å². The number of hydrogen-bond acceptors (Lipinski definition) is 6. The van der Waals surface area contributed by atoms with Crippen LogP contribution in [0.3, 0.4) is 0 Å². The van der Waals surface area contributed by atoms with Crippen molar-refractivity contribution < 1.29 is 23.8 Å². The summed E-state index contributed by atoms with van der Waals surface area (Å²) in [5.41, 5.74) is 0.651. The highest BCUT2D eigenvalue weighted by Crippen LogP contribution is 2.22. The van der Waals surface area contributed by atoms with Crippen molar-refractivity contribution in [3.8, 4) is 0 Å². The molecule has 0 radical (unpaired) electrons. The molecule has 1 aromatic carbocycles. The van der Waals surface area contributed by atoms with Gasteiger partial charge in [-0.2, -0.15) is 0 Å². The fourth-order valence-corrected chi connectivity index (χ4v) is 2.86. The summed E-state index contributed by atoms with van der Waals surface area (Å²) in [7, 11) is 3.53. The smallest absolute Gasteiger partial charge is 0.408 e. The van der Waals surface area contributed by atoms with E-state index in [1.807, 2.05) is 25.2 Å². The van der Waals surface area contributed by atoms with Gasteiger partial charge in [-0.25, -0.2) is 9.59 Å². The number of piperidine rings is 1. The number of likely N-dealkylation sites (N-methyl/N-ethyl adjacent to an activating group) is 1. The van der Waals surface area contributed by atoms with E-state index in [0.717, 1.165) is 13.0 Å². The Kier molecular flexibility index (Phi) is 7.87. The van der Waals surface area contributed by atoms with Crippen molar-refractivity contribution in [1.29, 1.82) is 0 Å². The first-order valence-electron chi connectivity index (χ1n) is 8.87. The number of carbonyl (C=O) groups excluding carboxylic acids is 2. The molecule has 1 amide bonds. The normalized spacial score (nSPS) is 21.7. The number of carbonyl (C=O) groups is 2. The zero-order chi connectivity index (χ0) is 18.9. The van der Waals surface area contributed by atoms with Gasteiger partial charge in [0.15, 0.2) is 6.04 Å². The number of methoxy groups -OCH3 is 1. The van der Waals surface area contributed by atoms with Gasteiger partial charge in [-0.05, 0) is 31.5 Å². The largest absolute Gasteiger partial charge is 0.459 e. The molecule has 1 aromatic rings. The third-order valence-electron chi connectivity index (χ3n) is 4.51. The van der Waals surface area contributed by atoms with Crippen LogP contribution < -0.4 is 5.32 Å². The van der Waals surface area contributed by atoms with E-state index in [-0.39, 0.29) is 18.6 Å². The number of rotatable bonds is 7. The standard InChI is InChI=1S/C19H28N2O5/c1-14-9-10-21(2)13-16(14)26-18(22)17(15-7-5-4-6-8-15)20-19(23)25-12-11-24-3/h4-8,14,16-17H,9-13H2,1-3H3,(H,20,23)/t14?,16-,17?/m0/s1. The lowest BCUT2D eigenvalue weighted by Gasteiger charge is -2.35. The minimum absolute atomic E-state index is 0.114. The van der Waals surface area contributed by atoms with Crippen LogP contribution in [0.15, 0.2) is 30.3 Å². The van der Waals surface area contributed by atoms with Gasteiger partial charge >= 0.3 is 12.1 Å². The van der Waals surface area contributed by atoms with E-state index in [4.69, 9.17) is 14.2 Å². The fourth-order valence-electron chi connectivity index (χ4n) is 2.86. The maximum atomic E-state index is 12.8. The number of esters is 1. The Balaban J connectivity index is 2.05. The monoisotopic (exact) mass is 364 g/mol. The molecule has 0 bridgehead atoms. The molecule has 0 saturated carbocycles. The quantitative estimate of drug-likeness (QED) is 0.589. The Morgan fingerprint density at radius 2 is 2.00 bits per heavy atom. The molecule has 0 spiro atoms. The zero-order valence-electron chi connectivity index (χ0n) is 15.6. The molecule has 2 unspecified atom stereocenters. The molecule has 0 aromatic heterocycles. The minimum Gasteiger partial charge on any atom is -0.459 e. The molecule has 1 aliphatic heterocycles. The molecule has 3 atom stereocenters. The first-order valence-corrected chi connectivity index (χ1v) is 8.87. The van der Waals surface area contributed by atoms with Crippen molar-refractivity contribution in [2.75, 3.05) is 40.5 Å². The highest BCUT2D eigenvalue weighted by Gasteiger charge is 2.32. The summed E-state index contributed by atoms with van der Waals surface area (Å²) < 4.78 is 15.6. The molecule has 1 N–H and O–H groups in total. The third-order valence-corrected chi connectivity index (χ3v) is 4.51. The summed E-state index contributed by atoms with van der Waals surface area (Å²) in [6.07, 6.45) is 0.0946. The van der Waals surface area contributed by atoms with Crippen LogP contribution in [0, 0.1) is 5.92 Å². The molecule has 1 fully saturated rings. The van der Waals surface area contributed by atoms with Gasteiger partial charge in [-0.1, -0.05) is 37.3 Å². The van der Waals surface area contributed by atoms with Crippen LogP contribution in [0.1, 0.15) is 24.9 Å². The molecule has 26 heavy (non-hydrogen) atoms. The van der Waals surface area contributed by atoms with Gasteiger partial charge in [0.05, 0.1) is 6.61 Å². The first-order chi connectivity index (χ1) is 12.5. The molecule has 7 nitrogen and oxygen atoms in total. The van der Waals surface area contributed by atoms with Gasteiger partial charge in [-0.3, -0.25) is 0 Å². The van der Waals surface area contributed by atoms with Crippen LogP contribution in [0.4, 0.5) is 4.79 Å². The number of ether oxygens (including phenoxy) is 3. The van der Waals surface area contributed by atoms with Gasteiger partial charge in [0.25, 0.3) is 0 Å². The van der Waals surface area contributed by atoms with E-state index in [1.54, 1.807) is 12.1 Å². The van der Waals surface area contributed by atoms with Gasteiger partial charge in [0.1, 0.15) is 12.7 Å². The lowest BCUT2D eigenvalue weighted by Crippen LogP contribution is -2.45. The van der Waals surface area contributed by atoms with Crippen molar-refractivity contribution in [2.45, 2.75) is 25.5 Å². The number of benzene rings is 1. The van der Waals surface area contributed by atoms with Crippen LogP contribution >= 0.6 is 0 Å². The van der Waals surface area contributed by atoms with Crippen molar-refractivity contribution in [3.05, 3.63) is 35.9 Å². The first kappa shape index (κ1) is 20.2. The van der Waals surface area contributed by atoms with Gasteiger partial charge in [0.2, 0.25) is 0 Å². The number of likely N-dealkylation sites (tertiary alicyclic amines) is 1. The second kappa shape index (κ2) is 10.1. The molecule has 1 saturated heterocycles. The highest BCUT2D eigenvalue weighted by atomic mass is 16.6. The number of alkyl carbamates (subject to hydrolysis) is 1. The minimum atomic E-state index is -0.911. The van der Waals surface area contributed by atoms with Gasteiger partial charge < -0.3 is 24.4 Å². The number of nitrogens with zero attached hydrogens (tertiary/aromatic N) is 1. The van der Waals surface area contributed by atoms with E-state index in [0.29, 0.717) is 18.7 Å². The van der Waals surface area contributed by atoms with Crippen molar-refractivity contribution in [1.82, 2.24) is 10.2 Å². The summed E-state index contributed by atoms with van der Waals surface area (Å²) in [6, 6.07) is 8.11. The van der Waals surface area contributed by atoms with Crippen molar-refractivity contribution in [3.63, 3.8) is 0 Å². The number of hydrogen-bond donors (Lipinski definition) is 1. The molecule has 7 heteroatoms. The molecule has 0 aliphatic carbocycles. The number of amides is 1. The number of nitrogens with one attached hydrogen (secondary N) is 1. The second-order valence-electron chi connectivity index (χ2n) is 6.62. The average Bonchev–Trinajstić information content (AvgIpc) is 2.63. The van der Waals surface area contributed by atoms with Crippen LogP contribution in [0.2, 0.25) is 0 Å². The van der Waals surface area contributed by atoms with Gasteiger partial charge in [0, 0.05) is 13.7 Å². The lowest BCUT2D eigenvalue weighted by molar-refractivity contribution is -0.157. The second-order valence-corrected chi connectivity index (χ2v) is 6.62. The predicted octanol–water partition coefficient (Wildman–Crippen LogP) is 1.98. The summed E-state index contributed by atoms with van der Waals surface area (Å²) in [4.78, 5) is 26.9. The third kappa shape index (κ3) is 6.00. The molecule has 1 aliphatic rings. The predicted molar refractivity (Wildman–Crippen MR) is 96.7 cm³/mol. The lowest BCUT2D eigenvalue weighted by atomic mass is 9.96. The van der Waals surface area contributed by atoms with Crippen molar-refractivity contribution in [2.24, 2.45) is 5.92 Å². The summed E-state index contributed by atoms with van der Waals surface area (Å²) >= 11 is 0. The van der Waals surface area contributed by atoms with Crippen LogP contribution in [0.25, 0.3) is 0 Å². The van der Waals surface area contributed by atoms with E-state index in [1.165, 1.54) is 7.11 Å². The fraction of sp³-hybridized carbons (Fsp3) is 0.579. The average molecular weight is 364 g/mol. The topological polar surface area (TPSA) is 77.1 Å². The SMILES string of the molecule is COCCOC(=O)NC(C(=O)O[C@H]1CN(C)CCC1C)c1ccccc1. The van der Waals surface area contributed by atoms with Crippen molar-refractivity contribution >= 4 is 12.1 Å². The Morgan fingerprint density at radius 3 is 2.69 bits per heavy atom. The maximum Gasteiger partial charge on any atom is 0.408 e. The van der Waals surface area contributed by atoms with E-state index < -0.39 is 18.1 Å². The Labute approximate surface area is 154 Å². The Morgan fingerprint density at radius 1 is 1.27 bits per heavy atom. The summed E-state index contributed by atoms with van der Waals surface area (Å²) in [5.74, 6) is -0.202. The summed E-state index contributed by atoms with van der Waals surface area (Å²) in [5, 5.41) is 2.60. The highest BCUT2D eigenvalue weighted by molar-refractivity contribution is 5.82. The molecule has 1 heterocycles. The van der Waals surface area contributed by atoms with Crippen LogP contribution in [-0.4, -0.2) is 63.5 Å². The van der Waals surface area contributed by atoms with E-state index >= 15 is 0 Å². The molecular formula is C19H28N2O5. The molecule has 144 valence electrons. The zero-order valence-corrected chi connectivity index (χ0v) is 15.6. The Bertz CT molecular complexity index is 581. The Hall–Kier alpha value is -2.12. The molecular weight excluding hydrogens is 336 g/mol.